The van der Waals surface area contributed by atoms with Crippen LogP contribution in [0.1, 0.15) is 80.5 Å². The Morgan fingerprint density at radius 2 is 1.96 bits per heavy atom. The van der Waals surface area contributed by atoms with Gasteiger partial charge in [0.25, 0.3) is 0 Å². The van der Waals surface area contributed by atoms with Gasteiger partial charge in [-0.25, -0.2) is 4.79 Å². The average molecular weight is 632 g/mol. The van der Waals surface area contributed by atoms with Crippen molar-refractivity contribution in [3.05, 3.63) is 70.1 Å². The highest BCUT2D eigenvalue weighted by molar-refractivity contribution is 5.98. The zero-order valence-electron chi connectivity index (χ0n) is 26.5. The third-order valence-corrected chi connectivity index (χ3v) is 9.45. The van der Waals surface area contributed by atoms with E-state index in [0.717, 1.165) is 22.0 Å². The summed E-state index contributed by atoms with van der Waals surface area (Å²) in [6.07, 6.45) is 6.04. The molecule has 0 saturated heterocycles. The maximum Gasteiger partial charge on any atom is 0.374 e. The van der Waals surface area contributed by atoms with Crippen molar-refractivity contribution in [3.63, 3.8) is 0 Å². The number of ketones is 1. The van der Waals surface area contributed by atoms with Crippen molar-refractivity contribution in [1.82, 2.24) is 4.98 Å². The number of unbranched alkanes of at least 4 members (excludes halogenated alkanes) is 1. The lowest BCUT2D eigenvalue weighted by Crippen LogP contribution is -2.42. The molecule has 0 radical (unpaired) electrons. The predicted molar refractivity (Wildman–Crippen MR) is 171 cm³/mol. The summed E-state index contributed by atoms with van der Waals surface area (Å²) in [6, 6.07) is 7.99. The van der Waals surface area contributed by atoms with Gasteiger partial charge in [0.1, 0.15) is 29.1 Å². The maximum absolute atomic E-state index is 13.3. The van der Waals surface area contributed by atoms with Gasteiger partial charge in [-0.1, -0.05) is 11.6 Å². The maximum atomic E-state index is 13.3. The number of fused-ring (bicyclic) bond motifs is 3. The van der Waals surface area contributed by atoms with Crippen LogP contribution in [0.5, 0.6) is 17.2 Å². The molecule has 3 aromatic rings. The first-order valence-electron chi connectivity index (χ1n) is 16.0. The fourth-order valence-corrected chi connectivity index (χ4v) is 6.99. The molecule has 0 bridgehead atoms. The molecule has 0 spiro atoms. The van der Waals surface area contributed by atoms with Crippen LogP contribution in [0.15, 0.2) is 47.9 Å². The molecule has 2 aromatic carbocycles. The number of Topliss-reactive ketones (excluding diaryl/α,β-unsaturated/α-hetero) is 1. The Kier molecular flexibility index (Phi) is 8.96. The Morgan fingerprint density at radius 3 is 2.70 bits per heavy atom. The monoisotopic (exact) mass is 631 g/mol. The molecule has 3 aliphatic rings. The Labute approximate surface area is 267 Å². The van der Waals surface area contributed by atoms with Gasteiger partial charge in [-0.05, 0) is 86.7 Å². The molecule has 244 valence electrons. The van der Waals surface area contributed by atoms with E-state index in [4.69, 9.17) is 18.9 Å². The van der Waals surface area contributed by atoms with Crippen LogP contribution in [0.25, 0.3) is 16.5 Å². The lowest BCUT2D eigenvalue weighted by Gasteiger charge is -2.30. The molecule has 46 heavy (non-hydrogen) atoms. The van der Waals surface area contributed by atoms with Gasteiger partial charge in [0.05, 0.1) is 37.1 Å². The summed E-state index contributed by atoms with van der Waals surface area (Å²) in [5.74, 6) is 0.145. The number of benzene rings is 2. The normalized spacial score (nSPS) is 22.0. The van der Waals surface area contributed by atoms with Crippen LogP contribution in [0, 0.1) is 0 Å². The van der Waals surface area contributed by atoms with E-state index in [1.165, 1.54) is 0 Å². The van der Waals surface area contributed by atoms with Gasteiger partial charge >= 0.3 is 5.97 Å². The second kappa shape index (κ2) is 12.9. The largest absolute Gasteiger partial charge is 0.496 e. The highest BCUT2D eigenvalue weighted by Crippen LogP contribution is 2.55. The van der Waals surface area contributed by atoms with E-state index < -0.39 is 24.3 Å². The van der Waals surface area contributed by atoms with Crippen molar-refractivity contribution in [2.45, 2.75) is 83.0 Å². The third kappa shape index (κ3) is 5.70. The Balaban J connectivity index is 1.48. The number of carbonyl (C=O) groups is 2. The molecule has 4 N–H and O–H groups in total. The SMILES string of the molecule is CCOC(=O)C1=C/C(=C2\CCC(=O)[C@H](c3ccc4[nH]ccc4c3)C2)c2c(OC)c3c(c(CO)c2O1)O[C@H]([C@@](C)(O)CCCCO)C3. The number of allylic oxidation sites excluding steroid dienone is 3. The van der Waals surface area contributed by atoms with Gasteiger partial charge in [0.2, 0.25) is 5.76 Å². The number of aliphatic hydroxyl groups excluding tert-OH is 2. The molecule has 0 unspecified atom stereocenters. The molecule has 10 nitrogen and oxygen atoms in total. The highest BCUT2D eigenvalue weighted by Gasteiger charge is 2.44. The van der Waals surface area contributed by atoms with Crippen LogP contribution in [0.3, 0.4) is 0 Å². The van der Waals surface area contributed by atoms with E-state index in [0.29, 0.717) is 78.7 Å². The summed E-state index contributed by atoms with van der Waals surface area (Å²) in [4.78, 5) is 29.6. The summed E-state index contributed by atoms with van der Waals surface area (Å²) in [7, 11) is 1.55. The van der Waals surface area contributed by atoms with Crippen LogP contribution in [-0.2, 0) is 27.4 Å². The number of ether oxygens (including phenoxy) is 4. The smallest absolute Gasteiger partial charge is 0.374 e. The molecule has 3 atom stereocenters. The number of esters is 1. The summed E-state index contributed by atoms with van der Waals surface area (Å²) < 4.78 is 23.9. The molecule has 1 aliphatic carbocycles. The van der Waals surface area contributed by atoms with Crippen LogP contribution in [0.2, 0.25) is 0 Å². The number of aliphatic hydroxyl groups is 3. The van der Waals surface area contributed by atoms with Crippen LogP contribution in [0.4, 0.5) is 0 Å². The van der Waals surface area contributed by atoms with Crippen LogP contribution >= 0.6 is 0 Å². The van der Waals surface area contributed by atoms with Crippen LogP contribution < -0.4 is 14.2 Å². The molecule has 1 saturated carbocycles. The number of methoxy groups -OCH3 is 1. The Hall–Kier alpha value is -4.12. The molecule has 0 amide bonds. The van der Waals surface area contributed by atoms with Gasteiger partial charge in [0, 0.05) is 42.6 Å². The summed E-state index contributed by atoms with van der Waals surface area (Å²) in [6.45, 7) is 3.15. The number of nitrogens with one attached hydrogen (secondary N) is 1. The number of rotatable bonds is 10. The fourth-order valence-electron chi connectivity index (χ4n) is 6.99. The Morgan fingerprint density at radius 1 is 1.13 bits per heavy atom. The first-order valence-corrected chi connectivity index (χ1v) is 16.0. The number of carbonyl (C=O) groups excluding carboxylic acids is 2. The van der Waals surface area contributed by atoms with Crippen molar-refractivity contribution < 1.29 is 43.9 Å². The number of hydrogen-bond acceptors (Lipinski definition) is 9. The van der Waals surface area contributed by atoms with Gasteiger partial charge in [-0.15, -0.1) is 0 Å². The average Bonchev–Trinajstić information content (AvgIpc) is 3.71. The zero-order valence-corrected chi connectivity index (χ0v) is 26.5. The second-order valence-electron chi connectivity index (χ2n) is 12.4. The zero-order chi connectivity index (χ0) is 32.6. The minimum Gasteiger partial charge on any atom is -0.496 e. The van der Waals surface area contributed by atoms with Crippen molar-refractivity contribution >= 4 is 28.2 Å². The standard InChI is InChI=1S/C36H41NO9/c1-4-44-35(41)29-17-24(21-8-10-28(40)23(16-21)20-7-9-27-22(15-20)11-13-37-27)31-33(43-3)25-18-30(36(2,42)12-5-6-14-38)46-32(25)26(19-39)34(31)45-29/h7,9,11,13,15,17,23,30,37-39,42H,4-6,8,10,12,14,16,18-19H2,1-3H3/b24-21-/t23-,30-,36-/m0/s1. The van der Waals surface area contributed by atoms with E-state index in [-0.39, 0.29) is 36.4 Å². The minimum atomic E-state index is -1.22. The van der Waals surface area contributed by atoms with E-state index in [1.807, 2.05) is 30.5 Å². The van der Waals surface area contributed by atoms with Crippen molar-refractivity contribution in [3.8, 4) is 17.2 Å². The number of hydrogen-bond donors (Lipinski definition) is 4. The van der Waals surface area contributed by atoms with Gasteiger partial charge in [-0.3, -0.25) is 4.79 Å². The predicted octanol–water partition coefficient (Wildman–Crippen LogP) is 5.02. The Bertz CT molecular complexity index is 1730. The molecule has 1 aromatic heterocycles. The van der Waals surface area contributed by atoms with Crippen molar-refractivity contribution in [2.75, 3.05) is 20.3 Å². The quantitative estimate of drug-likeness (QED) is 0.179. The summed E-state index contributed by atoms with van der Waals surface area (Å²) in [5.41, 5.74) is 3.95. The first-order chi connectivity index (χ1) is 22.2. The van der Waals surface area contributed by atoms with E-state index in [2.05, 4.69) is 4.98 Å². The number of aromatic nitrogens is 1. The first kappa shape index (κ1) is 31.8. The molecular weight excluding hydrogens is 590 g/mol. The lowest BCUT2D eigenvalue weighted by atomic mass is 9.76. The molecule has 1 fully saturated rings. The molecule has 10 heteroatoms. The number of H-pyrrole nitrogens is 1. The molecule has 3 heterocycles. The van der Waals surface area contributed by atoms with E-state index >= 15 is 0 Å². The molecular formula is C36H41NO9. The van der Waals surface area contributed by atoms with Gasteiger partial charge in [0.15, 0.2) is 0 Å². The topological polar surface area (TPSA) is 148 Å². The van der Waals surface area contributed by atoms with Crippen molar-refractivity contribution in [2.24, 2.45) is 0 Å². The van der Waals surface area contributed by atoms with E-state index in [9.17, 15) is 24.9 Å². The van der Waals surface area contributed by atoms with Gasteiger partial charge < -0.3 is 39.3 Å². The summed E-state index contributed by atoms with van der Waals surface area (Å²) >= 11 is 0. The fraction of sp³-hybridized carbons (Fsp3) is 0.444. The summed E-state index contributed by atoms with van der Waals surface area (Å²) in [5, 5.41) is 32.4. The minimum absolute atomic E-state index is 0.0365. The molecule has 6 rings (SSSR count). The van der Waals surface area contributed by atoms with E-state index in [1.54, 1.807) is 27.0 Å². The number of aromatic amines is 1. The molecule has 2 aliphatic heterocycles. The van der Waals surface area contributed by atoms with Crippen molar-refractivity contribution in [1.29, 1.82) is 0 Å². The lowest BCUT2D eigenvalue weighted by molar-refractivity contribution is -0.141. The highest BCUT2D eigenvalue weighted by atomic mass is 16.6. The second-order valence-corrected chi connectivity index (χ2v) is 12.4. The third-order valence-electron chi connectivity index (χ3n) is 9.45. The van der Waals surface area contributed by atoms with Crippen LogP contribution in [-0.4, -0.2) is 64.1 Å². The van der Waals surface area contributed by atoms with Gasteiger partial charge in [-0.2, -0.15) is 0 Å².